The summed E-state index contributed by atoms with van der Waals surface area (Å²) in [5, 5.41) is 2.24. The molecule has 0 aliphatic carbocycles. The van der Waals surface area contributed by atoms with Crippen LogP contribution in [0.3, 0.4) is 0 Å². The van der Waals surface area contributed by atoms with Gasteiger partial charge in [0.2, 0.25) is 0 Å². The van der Waals surface area contributed by atoms with Crippen molar-refractivity contribution in [2.24, 2.45) is 0 Å². The lowest BCUT2D eigenvalue weighted by molar-refractivity contribution is 1.47. The van der Waals surface area contributed by atoms with Gasteiger partial charge in [0, 0.05) is 4.88 Å². The van der Waals surface area contributed by atoms with Gasteiger partial charge in [0.1, 0.15) is 0 Å². The van der Waals surface area contributed by atoms with Crippen LogP contribution in [0, 0.1) is 13.8 Å². The van der Waals surface area contributed by atoms with Crippen LogP contribution in [-0.4, -0.2) is 0 Å². The van der Waals surface area contributed by atoms with Gasteiger partial charge in [-0.3, -0.25) is 0 Å². The Morgan fingerprint density at radius 1 is 0.684 bits per heavy atom. The van der Waals surface area contributed by atoms with Crippen LogP contribution < -0.4 is 0 Å². The highest BCUT2D eigenvalue weighted by atomic mass is 32.1. The SMILES string of the molecule is Cc1cccc(-c2csc(-c3cccc(C)c3)c2)c1. The molecule has 0 unspecified atom stereocenters. The molecule has 0 aliphatic heterocycles. The molecule has 0 bridgehead atoms. The molecule has 0 atom stereocenters. The van der Waals surface area contributed by atoms with E-state index in [-0.39, 0.29) is 0 Å². The lowest BCUT2D eigenvalue weighted by atomic mass is 10.0. The van der Waals surface area contributed by atoms with Crippen molar-refractivity contribution in [2.45, 2.75) is 13.8 Å². The van der Waals surface area contributed by atoms with Crippen LogP contribution in [0.4, 0.5) is 0 Å². The van der Waals surface area contributed by atoms with E-state index in [1.165, 1.54) is 32.7 Å². The maximum atomic E-state index is 2.29. The molecule has 2 aromatic carbocycles. The first-order valence-corrected chi connectivity index (χ1v) is 7.33. The number of thiophene rings is 1. The van der Waals surface area contributed by atoms with Gasteiger partial charge < -0.3 is 0 Å². The van der Waals surface area contributed by atoms with E-state index < -0.39 is 0 Å². The quantitative estimate of drug-likeness (QED) is 0.557. The first kappa shape index (κ1) is 12.2. The maximum absolute atomic E-state index is 2.29. The Bertz CT molecular complexity index is 647. The first-order valence-electron chi connectivity index (χ1n) is 6.45. The van der Waals surface area contributed by atoms with Gasteiger partial charge in [-0.1, -0.05) is 59.7 Å². The van der Waals surface area contributed by atoms with Gasteiger partial charge in [-0.15, -0.1) is 11.3 Å². The van der Waals surface area contributed by atoms with Crippen molar-refractivity contribution in [3.05, 3.63) is 71.1 Å². The Labute approximate surface area is 118 Å². The summed E-state index contributed by atoms with van der Waals surface area (Å²) in [6, 6.07) is 19.6. The third-order valence-electron chi connectivity index (χ3n) is 3.25. The minimum atomic E-state index is 1.30. The minimum absolute atomic E-state index is 1.30. The van der Waals surface area contributed by atoms with Crippen LogP contribution in [0.15, 0.2) is 60.0 Å². The summed E-state index contributed by atoms with van der Waals surface area (Å²) >= 11 is 1.81. The standard InChI is InChI=1S/C18H16S/c1-13-5-3-7-15(9-13)17-11-18(19-12-17)16-8-4-6-14(2)10-16/h3-12H,1-2H3. The smallest absolute Gasteiger partial charge is 0.0349 e. The highest BCUT2D eigenvalue weighted by Gasteiger charge is 2.05. The molecule has 19 heavy (non-hydrogen) atoms. The Hall–Kier alpha value is -1.86. The fraction of sp³-hybridized carbons (Fsp3) is 0.111. The fourth-order valence-electron chi connectivity index (χ4n) is 2.26. The molecule has 0 radical (unpaired) electrons. The highest BCUT2D eigenvalue weighted by Crippen LogP contribution is 2.33. The molecule has 3 rings (SSSR count). The zero-order valence-electron chi connectivity index (χ0n) is 11.2. The second-order valence-electron chi connectivity index (χ2n) is 4.94. The molecule has 0 nitrogen and oxygen atoms in total. The molecular formula is C18H16S. The molecule has 0 spiro atoms. The Morgan fingerprint density at radius 3 is 2.00 bits per heavy atom. The van der Waals surface area contributed by atoms with Crippen molar-refractivity contribution in [2.75, 3.05) is 0 Å². The van der Waals surface area contributed by atoms with E-state index >= 15 is 0 Å². The van der Waals surface area contributed by atoms with Crippen LogP contribution in [0.5, 0.6) is 0 Å². The summed E-state index contributed by atoms with van der Waals surface area (Å²) < 4.78 is 0. The predicted octanol–water partition coefficient (Wildman–Crippen LogP) is 5.70. The molecule has 0 N–H and O–H groups in total. The third-order valence-corrected chi connectivity index (χ3v) is 4.23. The molecule has 1 heterocycles. The van der Waals surface area contributed by atoms with Gasteiger partial charge in [0.15, 0.2) is 0 Å². The van der Waals surface area contributed by atoms with Gasteiger partial charge in [-0.05, 0) is 42.0 Å². The van der Waals surface area contributed by atoms with Crippen molar-refractivity contribution in [1.29, 1.82) is 0 Å². The van der Waals surface area contributed by atoms with Crippen LogP contribution in [0.2, 0.25) is 0 Å². The van der Waals surface area contributed by atoms with E-state index in [1.54, 1.807) is 0 Å². The average Bonchev–Trinajstić information content (AvgIpc) is 2.88. The predicted molar refractivity (Wildman–Crippen MR) is 84.7 cm³/mol. The van der Waals surface area contributed by atoms with Crippen molar-refractivity contribution >= 4 is 11.3 Å². The van der Waals surface area contributed by atoms with Crippen LogP contribution >= 0.6 is 11.3 Å². The lowest BCUT2D eigenvalue weighted by Crippen LogP contribution is -1.76. The number of benzene rings is 2. The Kier molecular flexibility index (Phi) is 3.22. The van der Waals surface area contributed by atoms with Crippen molar-refractivity contribution in [1.82, 2.24) is 0 Å². The Morgan fingerprint density at radius 2 is 1.32 bits per heavy atom. The normalized spacial score (nSPS) is 10.6. The van der Waals surface area contributed by atoms with Crippen LogP contribution in [0.25, 0.3) is 21.6 Å². The number of hydrogen-bond donors (Lipinski definition) is 0. The molecule has 0 amide bonds. The van der Waals surface area contributed by atoms with E-state index in [9.17, 15) is 0 Å². The summed E-state index contributed by atoms with van der Waals surface area (Å²) in [7, 11) is 0. The van der Waals surface area contributed by atoms with Crippen molar-refractivity contribution in [3.63, 3.8) is 0 Å². The maximum Gasteiger partial charge on any atom is 0.0349 e. The molecule has 3 aromatic rings. The summed E-state index contributed by atoms with van der Waals surface area (Å²) in [6.45, 7) is 4.27. The molecule has 0 saturated heterocycles. The average molecular weight is 264 g/mol. The second-order valence-corrected chi connectivity index (χ2v) is 5.85. The monoisotopic (exact) mass is 264 g/mol. The minimum Gasteiger partial charge on any atom is -0.143 e. The van der Waals surface area contributed by atoms with E-state index in [1.807, 2.05) is 11.3 Å². The zero-order valence-corrected chi connectivity index (χ0v) is 12.0. The van der Waals surface area contributed by atoms with Crippen LogP contribution in [0.1, 0.15) is 11.1 Å². The molecular weight excluding hydrogens is 248 g/mol. The van der Waals surface area contributed by atoms with E-state index in [2.05, 4.69) is 73.8 Å². The topological polar surface area (TPSA) is 0 Å². The van der Waals surface area contributed by atoms with Gasteiger partial charge in [-0.25, -0.2) is 0 Å². The van der Waals surface area contributed by atoms with Gasteiger partial charge in [0.25, 0.3) is 0 Å². The van der Waals surface area contributed by atoms with E-state index in [4.69, 9.17) is 0 Å². The summed E-state index contributed by atoms with van der Waals surface area (Å²) in [4.78, 5) is 1.33. The summed E-state index contributed by atoms with van der Waals surface area (Å²) in [5.74, 6) is 0. The molecule has 1 heteroatoms. The highest BCUT2D eigenvalue weighted by molar-refractivity contribution is 7.14. The molecule has 94 valence electrons. The van der Waals surface area contributed by atoms with Gasteiger partial charge in [0.05, 0.1) is 0 Å². The number of aryl methyl sites for hydroxylation is 2. The van der Waals surface area contributed by atoms with E-state index in [0.29, 0.717) is 0 Å². The summed E-state index contributed by atoms with van der Waals surface area (Å²) in [5.41, 5.74) is 6.54. The van der Waals surface area contributed by atoms with Crippen LogP contribution in [-0.2, 0) is 0 Å². The van der Waals surface area contributed by atoms with Crippen molar-refractivity contribution < 1.29 is 0 Å². The van der Waals surface area contributed by atoms with Gasteiger partial charge in [-0.2, -0.15) is 0 Å². The molecule has 0 saturated carbocycles. The zero-order chi connectivity index (χ0) is 13.2. The molecule has 0 aliphatic rings. The fourth-order valence-corrected chi connectivity index (χ4v) is 3.18. The number of hydrogen-bond acceptors (Lipinski definition) is 1. The van der Waals surface area contributed by atoms with E-state index in [0.717, 1.165) is 0 Å². The van der Waals surface area contributed by atoms with Crippen molar-refractivity contribution in [3.8, 4) is 21.6 Å². The molecule has 1 aromatic heterocycles. The third kappa shape index (κ3) is 2.61. The second kappa shape index (κ2) is 5.02. The first-order chi connectivity index (χ1) is 9.22. The largest absolute Gasteiger partial charge is 0.143 e. The summed E-state index contributed by atoms with van der Waals surface area (Å²) in [6.07, 6.45) is 0. The molecule has 0 fully saturated rings. The lowest BCUT2D eigenvalue weighted by Gasteiger charge is -2.00. The van der Waals surface area contributed by atoms with Gasteiger partial charge >= 0.3 is 0 Å². The number of rotatable bonds is 2. The Balaban J connectivity index is 2.00.